The normalized spacial score (nSPS) is 13.6. The number of hydrogen-bond acceptors (Lipinski definition) is 9. The standard InChI is InChI=1S/C41H67N7O8S/c1-9-22-41(8,11-3)57-31-25-33(50)48(37(31)53)24-14-12-13-17-32(49)46-34(27(4)5)36(52)45-30(16-15-23-43-38(42)54)35(51)44-29-20-18-28(19-21-29)26-56-39(55)47-40(6,7)10-2/h18-21,25,27,30,34,50,53H,9-17,22-24,26H2,1-8H3,(H,44,51)(H,45,52)(H,46,49)(H,47,55)(H3,42,43,54). The van der Waals surface area contributed by atoms with Crippen LogP contribution in [0.3, 0.4) is 0 Å². The molecule has 2 aromatic rings. The second-order valence-corrected chi connectivity index (χ2v) is 17.3. The molecule has 0 saturated carbocycles. The van der Waals surface area contributed by atoms with Gasteiger partial charge in [-0.2, -0.15) is 0 Å². The number of amides is 6. The Morgan fingerprint density at radius 3 is 2.19 bits per heavy atom. The lowest BCUT2D eigenvalue weighted by molar-refractivity contribution is -0.132. The summed E-state index contributed by atoms with van der Waals surface area (Å²) in [6.07, 6.45) is 5.62. The summed E-state index contributed by atoms with van der Waals surface area (Å²) in [5.41, 5.74) is 5.95. The number of thioether (sulfide) groups is 1. The van der Waals surface area contributed by atoms with Crippen LogP contribution in [0.25, 0.3) is 0 Å². The van der Waals surface area contributed by atoms with E-state index < -0.39 is 41.6 Å². The molecule has 0 bridgehead atoms. The number of nitrogens with zero attached hydrogens (tertiary/aromatic N) is 1. The van der Waals surface area contributed by atoms with Crippen LogP contribution in [0.4, 0.5) is 15.3 Å². The second-order valence-electron chi connectivity index (χ2n) is 15.7. The maximum absolute atomic E-state index is 13.6. The molecule has 0 aliphatic heterocycles. The van der Waals surface area contributed by atoms with Crippen molar-refractivity contribution in [2.75, 3.05) is 11.9 Å². The summed E-state index contributed by atoms with van der Waals surface area (Å²) >= 11 is 1.58. The molecule has 0 radical (unpaired) electrons. The minimum Gasteiger partial charge on any atom is -0.494 e. The van der Waals surface area contributed by atoms with E-state index in [2.05, 4.69) is 47.4 Å². The summed E-state index contributed by atoms with van der Waals surface area (Å²) in [4.78, 5) is 64.0. The van der Waals surface area contributed by atoms with Crippen molar-refractivity contribution in [3.8, 4) is 11.8 Å². The van der Waals surface area contributed by atoms with Gasteiger partial charge in [0, 0.05) is 41.6 Å². The number of aromatic nitrogens is 1. The largest absolute Gasteiger partial charge is 0.494 e. The second kappa shape index (κ2) is 23.6. The first-order chi connectivity index (χ1) is 26.8. The molecule has 6 amide bonds. The maximum Gasteiger partial charge on any atom is 0.407 e. The summed E-state index contributed by atoms with van der Waals surface area (Å²) in [7, 11) is 0. The van der Waals surface area contributed by atoms with E-state index >= 15 is 0 Å². The van der Waals surface area contributed by atoms with Gasteiger partial charge in [0.25, 0.3) is 0 Å². The Labute approximate surface area is 342 Å². The Morgan fingerprint density at radius 1 is 0.912 bits per heavy atom. The van der Waals surface area contributed by atoms with Crippen LogP contribution in [-0.4, -0.2) is 73.5 Å². The van der Waals surface area contributed by atoms with E-state index in [9.17, 15) is 34.2 Å². The minimum atomic E-state index is -0.998. The first-order valence-electron chi connectivity index (χ1n) is 20.1. The fraction of sp³-hybridized carbons (Fsp3) is 0.634. The van der Waals surface area contributed by atoms with Crippen LogP contribution in [-0.2, 0) is 32.3 Å². The van der Waals surface area contributed by atoms with E-state index in [4.69, 9.17) is 10.5 Å². The number of aromatic hydroxyl groups is 2. The molecule has 16 heteroatoms. The first-order valence-corrected chi connectivity index (χ1v) is 20.9. The van der Waals surface area contributed by atoms with Crippen LogP contribution in [0.1, 0.15) is 125 Å². The molecule has 9 N–H and O–H groups in total. The van der Waals surface area contributed by atoms with Gasteiger partial charge in [-0.05, 0) is 82.4 Å². The molecule has 1 aromatic heterocycles. The van der Waals surface area contributed by atoms with Crippen molar-refractivity contribution in [2.24, 2.45) is 11.7 Å². The van der Waals surface area contributed by atoms with Gasteiger partial charge in [-0.25, -0.2) is 9.59 Å². The monoisotopic (exact) mass is 817 g/mol. The number of primary amides is 1. The van der Waals surface area contributed by atoms with Gasteiger partial charge in [0.05, 0.1) is 4.90 Å². The predicted octanol–water partition coefficient (Wildman–Crippen LogP) is 6.65. The topological polar surface area (TPSA) is 226 Å². The predicted molar refractivity (Wildman–Crippen MR) is 224 cm³/mol. The third kappa shape index (κ3) is 17.2. The van der Waals surface area contributed by atoms with Crippen molar-refractivity contribution < 1.29 is 38.9 Å². The number of carbonyl (C=O) groups excluding carboxylic acids is 5. The molecular formula is C41H67N7O8S. The molecule has 3 unspecified atom stereocenters. The molecule has 57 heavy (non-hydrogen) atoms. The molecule has 0 saturated heterocycles. The summed E-state index contributed by atoms with van der Waals surface area (Å²) < 4.78 is 6.76. The van der Waals surface area contributed by atoms with E-state index in [-0.39, 0.29) is 54.3 Å². The molecular weight excluding hydrogens is 751 g/mol. The fourth-order valence-corrected chi connectivity index (χ4v) is 7.26. The zero-order valence-electron chi connectivity index (χ0n) is 35.1. The third-order valence-electron chi connectivity index (χ3n) is 9.96. The average molecular weight is 818 g/mol. The van der Waals surface area contributed by atoms with Crippen LogP contribution in [0.2, 0.25) is 0 Å². The van der Waals surface area contributed by atoms with E-state index in [1.807, 2.05) is 20.8 Å². The van der Waals surface area contributed by atoms with Gasteiger partial charge in [-0.3, -0.25) is 19.0 Å². The summed E-state index contributed by atoms with van der Waals surface area (Å²) in [5, 5.41) is 35.0. The molecule has 2 rings (SSSR count). The molecule has 3 atom stereocenters. The molecule has 0 aliphatic carbocycles. The Kier molecular flexibility index (Phi) is 20.1. The lowest BCUT2D eigenvalue weighted by Gasteiger charge is -2.26. The SMILES string of the molecule is CCCC(C)(CC)Sc1cc(O)n(CCCCCC(=O)NC(C(=O)NC(CCCNC(N)=O)C(=O)Nc2ccc(COC(=O)NC(C)(C)CC)cc2)C(C)C)c1O. The molecule has 1 aromatic carbocycles. The number of alkyl carbamates (subject to hydrolysis) is 1. The highest BCUT2D eigenvalue weighted by Gasteiger charge is 2.29. The molecule has 0 aliphatic rings. The lowest BCUT2D eigenvalue weighted by atomic mass is 10.0. The number of urea groups is 1. The van der Waals surface area contributed by atoms with Crippen molar-refractivity contribution in [2.45, 2.75) is 160 Å². The van der Waals surface area contributed by atoms with Crippen molar-refractivity contribution in [3.05, 3.63) is 35.9 Å². The van der Waals surface area contributed by atoms with Gasteiger partial charge < -0.3 is 47.3 Å². The number of nitrogens with one attached hydrogen (secondary N) is 5. The van der Waals surface area contributed by atoms with Gasteiger partial charge in [0.15, 0.2) is 5.88 Å². The summed E-state index contributed by atoms with van der Waals surface area (Å²) in [6, 6.07) is 5.73. The van der Waals surface area contributed by atoms with Crippen LogP contribution in [0.15, 0.2) is 35.2 Å². The number of hydrogen-bond donors (Lipinski definition) is 8. The van der Waals surface area contributed by atoms with Crippen molar-refractivity contribution >= 4 is 47.3 Å². The smallest absolute Gasteiger partial charge is 0.407 e. The Morgan fingerprint density at radius 2 is 1.60 bits per heavy atom. The number of anilines is 1. The number of unbranched alkanes of at least 4 members (excludes halogenated alkanes) is 2. The number of nitrogens with two attached hydrogens (primary N) is 1. The number of carbonyl (C=O) groups is 5. The van der Waals surface area contributed by atoms with Crippen molar-refractivity contribution in [3.63, 3.8) is 0 Å². The Bertz CT molecular complexity index is 1610. The third-order valence-corrected chi connectivity index (χ3v) is 11.5. The highest BCUT2D eigenvalue weighted by Crippen LogP contribution is 2.45. The fourth-order valence-electron chi connectivity index (χ4n) is 5.92. The van der Waals surface area contributed by atoms with Crippen LogP contribution >= 0.6 is 11.8 Å². The Hall–Kier alpha value is -4.60. The van der Waals surface area contributed by atoms with Crippen molar-refractivity contribution in [1.82, 2.24) is 25.8 Å². The molecule has 1 heterocycles. The van der Waals surface area contributed by atoms with Crippen LogP contribution in [0, 0.1) is 5.92 Å². The molecule has 0 fully saturated rings. The maximum atomic E-state index is 13.6. The quantitative estimate of drug-likeness (QED) is 0.0396. The molecule has 15 nitrogen and oxygen atoms in total. The van der Waals surface area contributed by atoms with Gasteiger partial charge in [-0.1, -0.05) is 66.5 Å². The number of rotatable bonds is 25. The Balaban J connectivity index is 1.96. The summed E-state index contributed by atoms with van der Waals surface area (Å²) in [5.74, 6) is -1.58. The minimum absolute atomic E-state index is 0.00196. The lowest BCUT2D eigenvalue weighted by Crippen LogP contribution is -2.54. The first kappa shape index (κ1) is 48.5. The van der Waals surface area contributed by atoms with Crippen molar-refractivity contribution in [1.29, 1.82) is 0 Å². The van der Waals surface area contributed by atoms with E-state index in [0.29, 0.717) is 48.4 Å². The van der Waals surface area contributed by atoms with E-state index in [0.717, 1.165) is 25.7 Å². The van der Waals surface area contributed by atoms with Gasteiger partial charge in [0.2, 0.25) is 23.6 Å². The zero-order chi connectivity index (χ0) is 42.8. The average Bonchev–Trinajstić information content (AvgIpc) is 3.40. The van der Waals surface area contributed by atoms with Crippen LogP contribution in [0.5, 0.6) is 11.8 Å². The van der Waals surface area contributed by atoms with Gasteiger partial charge >= 0.3 is 12.1 Å². The molecule has 320 valence electrons. The van der Waals surface area contributed by atoms with Crippen LogP contribution < -0.4 is 32.3 Å². The molecule has 0 spiro atoms. The van der Waals surface area contributed by atoms with E-state index in [1.165, 1.54) is 4.57 Å². The zero-order valence-corrected chi connectivity index (χ0v) is 35.9. The highest BCUT2D eigenvalue weighted by molar-refractivity contribution is 8.00. The summed E-state index contributed by atoms with van der Waals surface area (Å²) in [6.45, 7) is 16.4. The van der Waals surface area contributed by atoms with Gasteiger partial charge in [-0.15, -0.1) is 11.8 Å². The number of ether oxygens (including phenoxy) is 1. The van der Waals surface area contributed by atoms with Gasteiger partial charge in [0.1, 0.15) is 18.7 Å². The van der Waals surface area contributed by atoms with E-state index in [1.54, 1.807) is 55.9 Å². The highest BCUT2D eigenvalue weighted by atomic mass is 32.2. The number of benzene rings is 1.